The monoisotopic (exact) mass is 367 g/mol. The second-order valence-corrected chi connectivity index (χ2v) is 7.16. The van der Waals surface area contributed by atoms with Crippen molar-refractivity contribution >= 4 is 15.7 Å². The Bertz CT molecular complexity index is 885. The molecule has 0 amide bonds. The van der Waals surface area contributed by atoms with E-state index in [9.17, 15) is 12.8 Å². The Balaban J connectivity index is 2.00. The number of anilines is 1. The molecular formula is C17H18FNO5S. The molecule has 0 fully saturated rings. The Hall–Kier alpha value is -2.48. The molecule has 0 N–H and O–H groups in total. The summed E-state index contributed by atoms with van der Waals surface area (Å²) in [5.74, 6) is 0.306. The maximum atomic E-state index is 13.9. The van der Waals surface area contributed by atoms with Crippen molar-refractivity contribution in [2.24, 2.45) is 0 Å². The molecule has 0 saturated heterocycles. The molecule has 0 unspecified atom stereocenters. The lowest BCUT2D eigenvalue weighted by molar-refractivity contribution is 0.171. The third-order valence-corrected chi connectivity index (χ3v) is 5.71. The van der Waals surface area contributed by atoms with Crippen LogP contribution in [0.2, 0.25) is 0 Å². The first-order valence-electron chi connectivity index (χ1n) is 7.73. The Kier molecular flexibility index (Phi) is 4.71. The predicted molar refractivity (Wildman–Crippen MR) is 90.6 cm³/mol. The highest BCUT2D eigenvalue weighted by molar-refractivity contribution is 7.92. The summed E-state index contributed by atoms with van der Waals surface area (Å²) < 4.78 is 56.8. The number of fused-ring (bicyclic) bond motifs is 1. The van der Waals surface area contributed by atoms with Crippen molar-refractivity contribution in [3.05, 3.63) is 42.2 Å². The van der Waals surface area contributed by atoms with Crippen LogP contribution < -0.4 is 18.5 Å². The van der Waals surface area contributed by atoms with Gasteiger partial charge in [-0.1, -0.05) is 0 Å². The lowest BCUT2D eigenvalue weighted by Gasteiger charge is -2.25. The van der Waals surface area contributed by atoms with Crippen molar-refractivity contribution in [3.63, 3.8) is 0 Å². The molecule has 0 aromatic heterocycles. The zero-order chi connectivity index (χ0) is 18.0. The molecule has 0 bridgehead atoms. The third kappa shape index (κ3) is 3.21. The summed E-state index contributed by atoms with van der Waals surface area (Å²) in [7, 11) is -2.62. The number of sulfonamides is 1. The molecule has 1 aliphatic rings. The fourth-order valence-electron chi connectivity index (χ4n) is 2.61. The van der Waals surface area contributed by atoms with Gasteiger partial charge in [0, 0.05) is 12.6 Å². The van der Waals surface area contributed by atoms with Crippen LogP contribution >= 0.6 is 0 Å². The summed E-state index contributed by atoms with van der Waals surface area (Å²) in [4.78, 5) is -0.150. The smallest absolute Gasteiger partial charge is 0.264 e. The minimum Gasteiger partial charge on any atom is -0.494 e. The Morgan fingerprint density at radius 1 is 1.12 bits per heavy atom. The van der Waals surface area contributed by atoms with E-state index in [1.54, 1.807) is 25.1 Å². The summed E-state index contributed by atoms with van der Waals surface area (Å²) in [6, 6.07) is 8.47. The molecule has 0 radical (unpaired) electrons. The summed E-state index contributed by atoms with van der Waals surface area (Å²) in [5.41, 5.74) is 0.419. The van der Waals surface area contributed by atoms with Gasteiger partial charge < -0.3 is 14.2 Å². The number of benzene rings is 2. The molecule has 1 aliphatic heterocycles. The lowest BCUT2D eigenvalue weighted by atomic mass is 10.2. The molecule has 2 aromatic carbocycles. The van der Waals surface area contributed by atoms with Crippen LogP contribution in [-0.4, -0.2) is 35.3 Å². The van der Waals surface area contributed by atoms with E-state index in [4.69, 9.17) is 14.2 Å². The van der Waals surface area contributed by atoms with Gasteiger partial charge in [0.15, 0.2) is 23.1 Å². The number of rotatable bonds is 5. The van der Waals surface area contributed by atoms with Crippen LogP contribution in [0.4, 0.5) is 10.1 Å². The minimum atomic E-state index is -3.94. The number of halogens is 1. The van der Waals surface area contributed by atoms with E-state index in [1.807, 2.05) is 0 Å². The summed E-state index contributed by atoms with van der Waals surface area (Å²) >= 11 is 0. The largest absolute Gasteiger partial charge is 0.494 e. The Morgan fingerprint density at radius 2 is 1.84 bits per heavy atom. The van der Waals surface area contributed by atoms with Crippen LogP contribution in [0.3, 0.4) is 0 Å². The van der Waals surface area contributed by atoms with Gasteiger partial charge in [-0.15, -0.1) is 0 Å². The zero-order valence-corrected chi connectivity index (χ0v) is 14.7. The normalized spacial score (nSPS) is 13.4. The van der Waals surface area contributed by atoms with Gasteiger partial charge in [0.1, 0.15) is 13.2 Å². The molecule has 8 heteroatoms. The van der Waals surface area contributed by atoms with E-state index in [0.717, 1.165) is 6.07 Å². The SMILES string of the molecule is CCN(c1ccc2c(c1)OCCO2)S(=O)(=O)c1ccc(OC)c(F)c1. The fourth-order valence-corrected chi connectivity index (χ4v) is 4.09. The van der Waals surface area contributed by atoms with Crippen LogP contribution in [0, 0.1) is 5.82 Å². The van der Waals surface area contributed by atoms with Crippen molar-refractivity contribution in [1.82, 2.24) is 0 Å². The van der Waals surface area contributed by atoms with Crippen molar-refractivity contribution in [2.45, 2.75) is 11.8 Å². The molecule has 6 nitrogen and oxygen atoms in total. The van der Waals surface area contributed by atoms with E-state index in [2.05, 4.69) is 0 Å². The first-order valence-corrected chi connectivity index (χ1v) is 9.17. The van der Waals surface area contributed by atoms with Gasteiger partial charge in [-0.05, 0) is 37.3 Å². The van der Waals surface area contributed by atoms with Crippen LogP contribution in [0.5, 0.6) is 17.2 Å². The number of hydrogen-bond acceptors (Lipinski definition) is 5. The van der Waals surface area contributed by atoms with E-state index in [-0.39, 0.29) is 17.2 Å². The molecule has 0 spiro atoms. The highest BCUT2D eigenvalue weighted by atomic mass is 32.2. The van der Waals surface area contributed by atoms with Crippen LogP contribution in [0.25, 0.3) is 0 Å². The van der Waals surface area contributed by atoms with Gasteiger partial charge in [-0.2, -0.15) is 0 Å². The van der Waals surface area contributed by atoms with Gasteiger partial charge in [0.25, 0.3) is 10.0 Å². The molecule has 25 heavy (non-hydrogen) atoms. The van der Waals surface area contributed by atoms with Gasteiger partial charge in [-0.25, -0.2) is 12.8 Å². The third-order valence-electron chi connectivity index (χ3n) is 3.81. The first kappa shape index (κ1) is 17.3. The van der Waals surface area contributed by atoms with E-state index in [0.29, 0.717) is 30.4 Å². The van der Waals surface area contributed by atoms with Crippen molar-refractivity contribution in [3.8, 4) is 17.2 Å². The molecule has 1 heterocycles. The molecule has 134 valence electrons. The molecule has 0 saturated carbocycles. The molecule has 0 aliphatic carbocycles. The van der Waals surface area contributed by atoms with Crippen LogP contribution in [-0.2, 0) is 10.0 Å². The van der Waals surface area contributed by atoms with E-state index >= 15 is 0 Å². The highest BCUT2D eigenvalue weighted by Gasteiger charge is 2.26. The number of hydrogen-bond donors (Lipinski definition) is 0. The average molecular weight is 367 g/mol. The van der Waals surface area contributed by atoms with Gasteiger partial charge in [0.2, 0.25) is 0 Å². The van der Waals surface area contributed by atoms with Gasteiger partial charge >= 0.3 is 0 Å². The standard InChI is InChI=1S/C17H18FNO5S/c1-3-19(12-4-6-16-17(10-12)24-9-8-23-16)25(20,21)13-5-7-15(22-2)14(18)11-13/h4-7,10-11H,3,8-9H2,1-2H3. The molecule has 3 rings (SSSR count). The lowest BCUT2D eigenvalue weighted by Crippen LogP contribution is -2.31. The van der Waals surface area contributed by atoms with Crippen LogP contribution in [0.15, 0.2) is 41.3 Å². The molecule has 0 atom stereocenters. The number of nitrogens with zero attached hydrogens (tertiary/aromatic N) is 1. The van der Waals surface area contributed by atoms with E-state index < -0.39 is 15.8 Å². The van der Waals surface area contributed by atoms with Crippen molar-refractivity contribution in [1.29, 1.82) is 0 Å². The van der Waals surface area contributed by atoms with Crippen molar-refractivity contribution in [2.75, 3.05) is 31.2 Å². The van der Waals surface area contributed by atoms with Crippen LogP contribution in [0.1, 0.15) is 6.92 Å². The van der Waals surface area contributed by atoms with E-state index in [1.165, 1.54) is 23.5 Å². The predicted octanol–water partition coefficient (Wildman–Crippen LogP) is 2.82. The second-order valence-electron chi connectivity index (χ2n) is 5.29. The number of ether oxygens (including phenoxy) is 3. The average Bonchev–Trinajstić information content (AvgIpc) is 2.62. The minimum absolute atomic E-state index is 0.0127. The zero-order valence-electron chi connectivity index (χ0n) is 13.9. The Morgan fingerprint density at radius 3 is 2.48 bits per heavy atom. The molecule has 2 aromatic rings. The highest BCUT2D eigenvalue weighted by Crippen LogP contribution is 2.36. The number of methoxy groups -OCH3 is 1. The summed E-state index contributed by atoms with van der Waals surface area (Å²) in [6.07, 6.45) is 0. The maximum Gasteiger partial charge on any atom is 0.264 e. The summed E-state index contributed by atoms with van der Waals surface area (Å²) in [5, 5.41) is 0. The topological polar surface area (TPSA) is 65.1 Å². The van der Waals surface area contributed by atoms with Gasteiger partial charge in [-0.3, -0.25) is 4.31 Å². The van der Waals surface area contributed by atoms with Crippen molar-refractivity contribution < 1.29 is 27.0 Å². The van der Waals surface area contributed by atoms with Gasteiger partial charge in [0.05, 0.1) is 17.7 Å². The Labute approximate surface area is 145 Å². The quantitative estimate of drug-likeness (QED) is 0.813. The fraction of sp³-hybridized carbons (Fsp3) is 0.294. The maximum absolute atomic E-state index is 13.9. The first-order chi connectivity index (χ1) is 12.0. The molecular weight excluding hydrogens is 349 g/mol. The second kappa shape index (κ2) is 6.79. The summed E-state index contributed by atoms with van der Waals surface area (Å²) in [6.45, 7) is 2.73.